The number of nitrogens with one attached hydrogen (secondary N) is 2. The zero-order chi connectivity index (χ0) is 17.4. The predicted octanol–water partition coefficient (Wildman–Crippen LogP) is 4.18. The first-order chi connectivity index (χ1) is 10.9. The fraction of sp³-hybridized carbons (Fsp3) is 0.632. The van der Waals surface area contributed by atoms with Crippen LogP contribution < -0.4 is 10.6 Å². The summed E-state index contributed by atoms with van der Waals surface area (Å²) >= 11 is 0. The molecule has 1 aromatic carbocycles. The summed E-state index contributed by atoms with van der Waals surface area (Å²) in [6, 6.07) is 6.35. The molecular formula is C19H33N3O. The van der Waals surface area contributed by atoms with Crippen LogP contribution in [-0.2, 0) is 0 Å². The Morgan fingerprint density at radius 3 is 2.39 bits per heavy atom. The maximum Gasteiger partial charge on any atom is 0.319 e. The number of urea groups is 1. The largest absolute Gasteiger partial charge is 0.336 e. The first-order valence-corrected chi connectivity index (χ1v) is 8.73. The van der Waals surface area contributed by atoms with Gasteiger partial charge in [-0.05, 0) is 56.5 Å². The topological polar surface area (TPSA) is 44.4 Å². The van der Waals surface area contributed by atoms with Gasteiger partial charge in [-0.1, -0.05) is 39.8 Å². The predicted molar refractivity (Wildman–Crippen MR) is 99.1 cm³/mol. The van der Waals surface area contributed by atoms with Gasteiger partial charge in [-0.2, -0.15) is 0 Å². The fourth-order valence-electron chi connectivity index (χ4n) is 2.89. The summed E-state index contributed by atoms with van der Waals surface area (Å²) in [5.41, 5.74) is 3.10. The second-order valence-electron chi connectivity index (χ2n) is 6.66. The smallest absolute Gasteiger partial charge is 0.319 e. The Bertz CT molecular complexity index is 495. The van der Waals surface area contributed by atoms with E-state index in [1.165, 1.54) is 0 Å². The van der Waals surface area contributed by atoms with Crippen LogP contribution in [0.2, 0.25) is 0 Å². The van der Waals surface area contributed by atoms with Crippen molar-refractivity contribution in [3.8, 4) is 0 Å². The highest BCUT2D eigenvalue weighted by Crippen LogP contribution is 2.16. The average molecular weight is 319 g/mol. The van der Waals surface area contributed by atoms with Gasteiger partial charge in [-0.25, -0.2) is 4.79 Å². The number of carbonyl (C=O) groups excluding carboxylic acids is 1. The van der Waals surface area contributed by atoms with Crippen LogP contribution in [0.4, 0.5) is 10.5 Å². The summed E-state index contributed by atoms with van der Waals surface area (Å²) in [6.45, 7) is 15.5. The molecule has 0 fully saturated rings. The van der Waals surface area contributed by atoms with E-state index in [1.807, 2.05) is 26.0 Å². The van der Waals surface area contributed by atoms with Crippen LogP contribution in [0.1, 0.15) is 45.2 Å². The van der Waals surface area contributed by atoms with Crippen LogP contribution in [0.3, 0.4) is 0 Å². The van der Waals surface area contributed by atoms with Gasteiger partial charge in [-0.3, -0.25) is 4.90 Å². The molecule has 1 aromatic rings. The molecule has 0 spiro atoms. The van der Waals surface area contributed by atoms with Gasteiger partial charge in [0.05, 0.1) is 0 Å². The molecule has 2 N–H and O–H groups in total. The Kier molecular flexibility index (Phi) is 8.10. The lowest BCUT2D eigenvalue weighted by atomic mass is 10.0. The highest BCUT2D eigenvalue weighted by molar-refractivity contribution is 5.90. The lowest BCUT2D eigenvalue weighted by Crippen LogP contribution is -2.45. The molecule has 0 aliphatic rings. The maximum absolute atomic E-state index is 12.2. The second kappa shape index (κ2) is 9.56. The number of hydrogen-bond acceptors (Lipinski definition) is 2. The minimum absolute atomic E-state index is 0.125. The molecule has 1 atom stereocenters. The van der Waals surface area contributed by atoms with E-state index in [0.717, 1.165) is 36.3 Å². The van der Waals surface area contributed by atoms with E-state index in [4.69, 9.17) is 0 Å². The minimum Gasteiger partial charge on any atom is -0.336 e. The summed E-state index contributed by atoms with van der Waals surface area (Å²) in [5.74, 6) is 0.615. The van der Waals surface area contributed by atoms with Crippen molar-refractivity contribution in [2.24, 2.45) is 5.92 Å². The van der Waals surface area contributed by atoms with E-state index < -0.39 is 0 Å². The monoisotopic (exact) mass is 319 g/mol. The Morgan fingerprint density at radius 1 is 1.17 bits per heavy atom. The molecule has 0 aromatic heterocycles. The van der Waals surface area contributed by atoms with Gasteiger partial charge in [-0.15, -0.1) is 0 Å². The van der Waals surface area contributed by atoms with Gasteiger partial charge in [0, 0.05) is 18.3 Å². The van der Waals surface area contributed by atoms with Crippen LogP contribution in [0.5, 0.6) is 0 Å². The summed E-state index contributed by atoms with van der Waals surface area (Å²) in [4.78, 5) is 14.6. The van der Waals surface area contributed by atoms with Crippen LogP contribution >= 0.6 is 0 Å². The van der Waals surface area contributed by atoms with E-state index >= 15 is 0 Å². The minimum atomic E-state index is -0.125. The van der Waals surface area contributed by atoms with Crippen LogP contribution in [0.25, 0.3) is 0 Å². The van der Waals surface area contributed by atoms with Crippen LogP contribution in [-0.4, -0.2) is 36.6 Å². The van der Waals surface area contributed by atoms with Gasteiger partial charge in [0.1, 0.15) is 0 Å². The van der Waals surface area contributed by atoms with E-state index in [0.29, 0.717) is 18.5 Å². The number of anilines is 1. The second-order valence-corrected chi connectivity index (χ2v) is 6.66. The van der Waals surface area contributed by atoms with Gasteiger partial charge >= 0.3 is 6.03 Å². The molecule has 4 nitrogen and oxygen atoms in total. The molecule has 0 aliphatic heterocycles. The Balaban J connectivity index is 2.62. The Morgan fingerprint density at radius 2 is 1.83 bits per heavy atom. The van der Waals surface area contributed by atoms with Gasteiger partial charge < -0.3 is 10.6 Å². The van der Waals surface area contributed by atoms with E-state index in [1.54, 1.807) is 0 Å². The highest BCUT2D eigenvalue weighted by Gasteiger charge is 2.18. The number of likely N-dealkylation sites (N-methyl/N-ethyl adjacent to an activating group) is 1. The van der Waals surface area contributed by atoms with Crippen molar-refractivity contribution in [1.82, 2.24) is 10.2 Å². The lowest BCUT2D eigenvalue weighted by molar-refractivity contribution is 0.186. The fourth-order valence-corrected chi connectivity index (χ4v) is 2.89. The van der Waals surface area contributed by atoms with Gasteiger partial charge in [0.15, 0.2) is 0 Å². The lowest BCUT2D eigenvalue weighted by Gasteiger charge is -2.31. The summed E-state index contributed by atoms with van der Waals surface area (Å²) in [6.07, 6.45) is 1.09. The van der Waals surface area contributed by atoms with Crippen molar-refractivity contribution < 1.29 is 4.79 Å². The SMILES string of the molecule is CCN(CC)C(CNC(=O)Nc1cc(C)ccc1C)CC(C)C. The molecule has 1 rings (SSSR count). The van der Waals surface area contributed by atoms with Gasteiger partial charge in [0.25, 0.3) is 0 Å². The Labute approximate surface area is 141 Å². The quantitative estimate of drug-likeness (QED) is 0.755. The van der Waals surface area contributed by atoms with Crippen molar-refractivity contribution in [3.63, 3.8) is 0 Å². The molecule has 0 saturated heterocycles. The van der Waals surface area contributed by atoms with E-state index in [2.05, 4.69) is 49.3 Å². The van der Waals surface area contributed by atoms with Crippen molar-refractivity contribution in [3.05, 3.63) is 29.3 Å². The number of aryl methyl sites for hydroxylation is 2. The highest BCUT2D eigenvalue weighted by atomic mass is 16.2. The molecular weight excluding hydrogens is 286 g/mol. The third-order valence-electron chi connectivity index (χ3n) is 4.21. The first-order valence-electron chi connectivity index (χ1n) is 8.73. The number of amides is 2. The maximum atomic E-state index is 12.2. The normalized spacial score (nSPS) is 12.5. The molecule has 0 heterocycles. The van der Waals surface area contributed by atoms with Crippen LogP contribution in [0, 0.1) is 19.8 Å². The molecule has 0 bridgehead atoms. The van der Waals surface area contributed by atoms with Crippen molar-refractivity contribution in [1.29, 1.82) is 0 Å². The van der Waals surface area contributed by atoms with E-state index in [9.17, 15) is 4.79 Å². The van der Waals surface area contributed by atoms with Crippen LogP contribution in [0.15, 0.2) is 18.2 Å². The molecule has 2 amide bonds. The van der Waals surface area contributed by atoms with Gasteiger partial charge in [0.2, 0.25) is 0 Å². The van der Waals surface area contributed by atoms with E-state index in [-0.39, 0.29) is 6.03 Å². The number of hydrogen-bond donors (Lipinski definition) is 2. The Hall–Kier alpha value is -1.55. The standard InChI is InChI=1S/C19H33N3O/c1-7-22(8-2)17(11-14(3)4)13-20-19(23)21-18-12-15(5)9-10-16(18)6/h9-10,12,14,17H,7-8,11,13H2,1-6H3,(H2,20,21,23). The molecule has 0 radical (unpaired) electrons. The third-order valence-corrected chi connectivity index (χ3v) is 4.21. The summed E-state index contributed by atoms with van der Waals surface area (Å²) in [7, 11) is 0. The van der Waals surface area contributed by atoms with Crippen molar-refractivity contribution >= 4 is 11.7 Å². The van der Waals surface area contributed by atoms with Crippen molar-refractivity contribution in [2.45, 2.75) is 54.0 Å². The average Bonchev–Trinajstić information content (AvgIpc) is 2.49. The molecule has 4 heteroatoms. The number of benzene rings is 1. The summed E-state index contributed by atoms with van der Waals surface area (Å²) in [5, 5.41) is 6.01. The molecule has 0 saturated carbocycles. The zero-order valence-electron chi connectivity index (χ0n) is 15.6. The molecule has 0 aliphatic carbocycles. The molecule has 130 valence electrons. The molecule has 23 heavy (non-hydrogen) atoms. The third kappa shape index (κ3) is 6.61. The number of nitrogens with zero attached hydrogens (tertiary/aromatic N) is 1. The number of carbonyl (C=O) groups is 1. The molecule has 1 unspecified atom stereocenters. The first kappa shape index (κ1) is 19.5. The number of rotatable bonds is 8. The zero-order valence-corrected chi connectivity index (χ0v) is 15.6. The summed E-state index contributed by atoms with van der Waals surface area (Å²) < 4.78 is 0. The van der Waals surface area contributed by atoms with Crippen molar-refractivity contribution in [2.75, 3.05) is 25.0 Å².